The van der Waals surface area contributed by atoms with Crippen molar-refractivity contribution in [2.75, 3.05) is 18.1 Å². The summed E-state index contributed by atoms with van der Waals surface area (Å²) in [7, 11) is 0. The molecule has 1 heterocycles. The van der Waals surface area contributed by atoms with E-state index in [0.29, 0.717) is 12.2 Å². The maximum absolute atomic E-state index is 11.8. The van der Waals surface area contributed by atoms with Gasteiger partial charge in [0.05, 0.1) is 17.9 Å². The molecule has 116 valence electrons. The molecule has 6 heteroatoms. The van der Waals surface area contributed by atoms with E-state index in [2.05, 4.69) is 4.98 Å². The Labute approximate surface area is 131 Å². The third kappa shape index (κ3) is 4.39. The lowest BCUT2D eigenvalue weighted by atomic mass is 10.1. The molecular weight excluding hydrogens is 286 g/mol. The number of hydrogen-bond donors (Lipinski definition) is 1. The van der Waals surface area contributed by atoms with E-state index in [1.54, 1.807) is 6.92 Å². The fourth-order valence-corrected chi connectivity index (χ4v) is 2.48. The van der Waals surface area contributed by atoms with Crippen LogP contribution in [0.1, 0.15) is 37.7 Å². The van der Waals surface area contributed by atoms with Gasteiger partial charge < -0.3 is 15.4 Å². The second kappa shape index (κ2) is 7.36. The zero-order valence-electron chi connectivity index (χ0n) is 13.3. The standard InChI is InChI=1S/C15H23N3O2S/c1-6-20-13(19)8-18(9(2)3)12-7-10(4)17-11(5)14(12)15(16)21/h7,9H,6,8H2,1-5H3,(H2,16,21). The van der Waals surface area contributed by atoms with Crippen LogP contribution in [0.5, 0.6) is 0 Å². The van der Waals surface area contributed by atoms with Gasteiger partial charge in [0, 0.05) is 17.4 Å². The van der Waals surface area contributed by atoms with E-state index in [4.69, 9.17) is 22.7 Å². The van der Waals surface area contributed by atoms with Gasteiger partial charge in [0.15, 0.2) is 0 Å². The minimum Gasteiger partial charge on any atom is -0.465 e. The van der Waals surface area contributed by atoms with Gasteiger partial charge in [-0.25, -0.2) is 0 Å². The fourth-order valence-electron chi connectivity index (χ4n) is 2.23. The van der Waals surface area contributed by atoms with Gasteiger partial charge in [-0.1, -0.05) is 12.2 Å². The first-order valence-electron chi connectivity index (χ1n) is 6.98. The van der Waals surface area contributed by atoms with Crippen LogP contribution in [0, 0.1) is 13.8 Å². The van der Waals surface area contributed by atoms with Gasteiger partial charge in [-0.3, -0.25) is 9.78 Å². The summed E-state index contributed by atoms with van der Waals surface area (Å²) >= 11 is 5.15. The van der Waals surface area contributed by atoms with Crippen LogP contribution in [0.15, 0.2) is 6.07 Å². The molecule has 0 aromatic carbocycles. The number of aryl methyl sites for hydroxylation is 2. The monoisotopic (exact) mass is 309 g/mol. The molecule has 5 nitrogen and oxygen atoms in total. The van der Waals surface area contributed by atoms with E-state index < -0.39 is 0 Å². The Morgan fingerprint density at radius 3 is 2.57 bits per heavy atom. The van der Waals surface area contributed by atoms with Crippen LogP contribution in [0.25, 0.3) is 0 Å². The second-order valence-electron chi connectivity index (χ2n) is 5.13. The molecule has 1 aromatic rings. The van der Waals surface area contributed by atoms with Crippen LogP contribution < -0.4 is 10.6 Å². The number of pyridine rings is 1. The Hall–Kier alpha value is -1.69. The van der Waals surface area contributed by atoms with Crippen LogP contribution in [-0.4, -0.2) is 35.1 Å². The maximum Gasteiger partial charge on any atom is 0.325 e. The molecule has 0 radical (unpaired) electrons. The number of thiocarbonyl (C=S) groups is 1. The normalized spacial score (nSPS) is 10.6. The van der Waals surface area contributed by atoms with E-state index in [-0.39, 0.29) is 23.5 Å². The topological polar surface area (TPSA) is 68.5 Å². The van der Waals surface area contributed by atoms with Crippen molar-refractivity contribution in [3.8, 4) is 0 Å². The van der Waals surface area contributed by atoms with Gasteiger partial charge in [0.25, 0.3) is 0 Å². The van der Waals surface area contributed by atoms with Crippen LogP contribution >= 0.6 is 12.2 Å². The van der Waals surface area contributed by atoms with Crippen molar-refractivity contribution in [3.05, 3.63) is 23.0 Å². The van der Waals surface area contributed by atoms with Crippen molar-refractivity contribution in [2.24, 2.45) is 5.73 Å². The van der Waals surface area contributed by atoms with E-state index >= 15 is 0 Å². The number of carbonyl (C=O) groups excluding carboxylic acids is 1. The molecule has 0 bridgehead atoms. The number of carbonyl (C=O) groups is 1. The minimum atomic E-state index is -0.271. The largest absolute Gasteiger partial charge is 0.465 e. The average Bonchev–Trinajstić information content (AvgIpc) is 2.34. The van der Waals surface area contributed by atoms with Crippen LogP contribution in [0.4, 0.5) is 5.69 Å². The first-order valence-corrected chi connectivity index (χ1v) is 7.39. The fraction of sp³-hybridized carbons (Fsp3) is 0.533. The summed E-state index contributed by atoms with van der Waals surface area (Å²) < 4.78 is 5.04. The van der Waals surface area contributed by atoms with Crippen LogP contribution in [0.3, 0.4) is 0 Å². The summed E-state index contributed by atoms with van der Waals surface area (Å²) in [6.45, 7) is 10.1. The minimum absolute atomic E-state index is 0.101. The zero-order valence-corrected chi connectivity index (χ0v) is 14.1. The average molecular weight is 309 g/mol. The van der Waals surface area contributed by atoms with Crippen LogP contribution in [-0.2, 0) is 9.53 Å². The molecule has 1 rings (SSSR count). The first kappa shape index (κ1) is 17.4. The number of nitrogens with zero attached hydrogens (tertiary/aromatic N) is 2. The summed E-state index contributed by atoms with van der Waals surface area (Å²) in [5.41, 5.74) is 9.02. The number of hydrogen-bond acceptors (Lipinski definition) is 5. The summed E-state index contributed by atoms with van der Waals surface area (Å²) in [6, 6.07) is 2.00. The number of rotatable bonds is 6. The Bertz CT molecular complexity index is 544. The summed E-state index contributed by atoms with van der Waals surface area (Å²) in [5, 5.41) is 0. The molecule has 0 aliphatic rings. The van der Waals surface area contributed by atoms with Gasteiger partial charge >= 0.3 is 5.97 Å². The molecule has 0 fully saturated rings. The molecule has 0 aliphatic carbocycles. The third-order valence-corrected chi connectivity index (χ3v) is 3.30. The Kier molecular flexibility index (Phi) is 6.08. The Morgan fingerprint density at radius 1 is 1.48 bits per heavy atom. The predicted molar refractivity (Wildman–Crippen MR) is 88.7 cm³/mol. The quantitative estimate of drug-likeness (QED) is 0.641. The smallest absolute Gasteiger partial charge is 0.325 e. The molecule has 0 spiro atoms. The van der Waals surface area contributed by atoms with Gasteiger partial charge in [0.1, 0.15) is 11.5 Å². The van der Waals surface area contributed by atoms with Crippen molar-refractivity contribution >= 4 is 28.9 Å². The molecule has 0 saturated carbocycles. The molecule has 0 unspecified atom stereocenters. The van der Waals surface area contributed by atoms with Crippen molar-refractivity contribution in [1.29, 1.82) is 0 Å². The lowest BCUT2D eigenvalue weighted by Crippen LogP contribution is -2.38. The summed E-state index contributed by atoms with van der Waals surface area (Å²) in [6.07, 6.45) is 0. The predicted octanol–water partition coefficient (Wildman–Crippen LogP) is 2.11. The molecule has 2 N–H and O–H groups in total. The number of ether oxygens (including phenoxy) is 1. The van der Waals surface area contributed by atoms with E-state index in [1.807, 2.05) is 38.7 Å². The van der Waals surface area contributed by atoms with E-state index in [1.165, 1.54) is 0 Å². The Balaban J connectivity index is 3.31. The highest BCUT2D eigenvalue weighted by atomic mass is 32.1. The van der Waals surface area contributed by atoms with Crippen molar-refractivity contribution in [3.63, 3.8) is 0 Å². The van der Waals surface area contributed by atoms with Crippen molar-refractivity contribution in [1.82, 2.24) is 4.98 Å². The van der Waals surface area contributed by atoms with Crippen molar-refractivity contribution in [2.45, 2.75) is 40.7 Å². The van der Waals surface area contributed by atoms with Gasteiger partial charge in [-0.2, -0.15) is 0 Å². The van der Waals surface area contributed by atoms with Crippen LogP contribution in [0.2, 0.25) is 0 Å². The highest BCUT2D eigenvalue weighted by Gasteiger charge is 2.21. The highest BCUT2D eigenvalue weighted by molar-refractivity contribution is 7.80. The molecular formula is C15H23N3O2S. The van der Waals surface area contributed by atoms with Gasteiger partial charge in [0.2, 0.25) is 0 Å². The van der Waals surface area contributed by atoms with Gasteiger partial charge in [-0.05, 0) is 40.7 Å². The second-order valence-corrected chi connectivity index (χ2v) is 5.57. The zero-order chi connectivity index (χ0) is 16.2. The third-order valence-electron chi connectivity index (χ3n) is 3.09. The highest BCUT2D eigenvalue weighted by Crippen LogP contribution is 2.26. The van der Waals surface area contributed by atoms with E-state index in [0.717, 1.165) is 17.1 Å². The van der Waals surface area contributed by atoms with Gasteiger partial charge in [-0.15, -0.1) is 0 Å². The molecule has 0 aliphatic heterocycles. The lowest BCUT2D eigenvalue weighted by Gasteiger charge is -2.30. The Morgan fingerprint density at radius 2 is 2.10 bits per heavy atom. The first-order chi connectivity index (χ1) is 9.77. The number of esters is 1. The molecule has 0 saturated heterocycles. The summed E-state index contributed by atoms with van der Waals surface area (Å²) in [5.74, 6) is -0.271. The molecule has 21 heavy (non-hydrogen) atoms. The SMILES string of the molecule is CCOC(=O)CN(c1cc(C)nc(C)c1C(N)=S)C(C)C. The lowest BCUT2D eigenvalue weighted by molar-refractivity contribution is -0.141. The molecule has 0 atom stereocenters. The summed E-state index contributed by atoms with van der Waals surface area (Å²) in [4.78, 5) is 18.5. The number of nitrogens with two attached hydrogens (primary N) is 1. The van der Waals surface area contributed by atoms with Crippen molar-refractivity contribution < 1.29 is 9.53 Å². The number of aromatic nitrogens is 1. The maximum atomic E-state index is 11.8. The van der Waals surface area contributed by atoms with E-state index in [9.17, 15) is 4.79 Å². The number of anilines is 1. The molecule has 0 amide bonds. The molecule has 1 aromatic heterocycles.